The third-order valence-electron chi connectivity index (χ3n) is 4.04. The molecular formula is C21H25N3O3. The molecule has 0 spiro atoms. The lowest BCUT2D eigenvalue weighted by atomic mass is 10.0. The van der Waals surface area contributed by atoms with E-state index in [2.05, 4.69) is 24.5 Å². The van der Waals surface area contributed by atoms with Crippen molar-refractivity contribution in [3.05, 3.63) is 54.1 Å². The van der Waals surface area contributed by atoms with Gasteiger partial charge >= 0.3 is 0 Å². The molecule has 2 aromatic carbocycles. The molecule has 142 valence electrons. The molecule has 0 saturated carbocycles. The average molecular weight is 367 g/mol. The van der Waals surface area contributed by atoms with Gasteiger partial charge in [-0.2, -0.15) is 0 Å². The predicted octanol–water partition coefficient (Wildman–Crippen LogP) is 3.76. The fraction of sp³-hybridized carbons (Fsp3) is 0.286. The number of carbonyl (C=O) groups is 3. The van der Waals surface area contributed by atoms with Crippen molar-refractivity contribution < 1.29 is 14.4 Å². The van der Waals surface area contributed by atoms with E-state index in [1.165, 1.54) is 18.7 Å². The van der Waals surface area contributed by atoms with Crippen LogP contribution >= 0.6 is 0 Å². The molecule has 0 aromatic heterocycles. The Morgan fingerprint density at radius 1 is 0.926 bits per heavy atom. The summed E-state index contributed by atoms with van der Waals surface area (Å²) >= 11 is 0. The summed E-state index contributed by atoms with van der Waals surface area (Å²) in [6.07, 6.45) is 0. The van der Waals surface area contributed by atoms with Gasteiger partial charge in [0.05, 0.1) is 0 Å². The van der Waals surface area contributed by atoms with E-state index < -0.39 is 0 Å². The van der Waals surface area contributed by atoms with Crippen molar-refractivity contribution >= 4 is 34.8 Å². The van der Waals surface area contributed by atoms with Crippen LogP contribution in [0.4, 0.5) is 17.1 Å². The summed E-state index contributed by atoms with van der Waals surface area (Å²) < 4.78 is 0. The Morgan fingerprint density at radius 3 is 2.11 bits per heavy atom. The SMILES string of the molecule is CC(=O)Nc1ccc(N(CC(=O)Nc2ccccc2C(C)C)C(C)=O)cc1. The monoisotopic (exact) mass is 367 g/mol. The zero-order valence-corrected chi connectivity index (χ0v) is 16.1. The summed E-state index contributed by atoms with van der Waals surface area (Å²) in [5.74, 6) is -0.417. The third kappa shape index (κ3) is 5.67. The number of hydrogen-bond acceptors (Lipinski definition) is 3. The van der Waals surface area contributed by atoms with Crippen molar-refractivity contribution in [2.45, 2.75) is 33.6 Å². The van der Waals surface area contributed by atoms with Gasteiger partial charge in [0.25, 0.3) is 0 Å². The second kappa shape index (κ2) is 8.98. The van der Waals surface area contributed by atoms with Crippen LogP contribution in [-0.2, 0) is 14.4 Å². The highest BCUT2D eigenvalue weighted by Gasteiger charge is 2.17. The molecule has 6 nitrogen and oxygen atoms in total. The van der Waals surface area contributed by atoms with Gasteiger partial charge in [-0.25, -0.2) is 0 Å². The summed E-state index contributed by atoms with van der Waals surface area (Å²) in [6, 6.07) is 14.4. The summed E-state index contributed by atoms with van der Waals surface area (Å²) in [5.41, 5.74) is 3.01. The maximum Gasteiger partial charge on any atom is 0.244 e. The van der Waals surface area contributed by atoms with E-state index in [9.17, 15) is 14.4 Å². The van der Waals surface area contributed by atoms with Crippen LogP contribution in [0.15, 0.2) is 48.5 Å². The van der Waals surface area contributed by atoms with Crippen molar-refractivity contribution in [1.29, 1.82) is 0 Å². The van der Waals surface area contributed by atoms with E-state index in [1.54, 1.807) is 24.3 Å². The molecule has 6 heteroatoms. The summed E-state index contributed by atoms with van der Waals surface area (Å²) in [5, 5.41) is 5.56. The second-order valence-electron chi connectivity index (χ2n) is 6.62. The summed E-state index contributed by atoms with van der Waals surface area (Å²) in [7, 11) is 0. The smallest absolute Gasteiger partial charge is 0.244 e. The van der Waals surface area contributed by atoms with Crippen molar-refractivity contribution in [3.8, 4) is 0 Å². The topological polar surface area (TPSA) is 78.5 Å². The highest BCUT2D eigenvalue weighted by molar-refractivity contribution is 6.02. The molecular weight excluding hydrogens is 342 g/mol. The van der Waals surface area contributed by atoms with E-state index >= 15 is 0 Å². The van der Waals surface area contributed by atoms with E-state index in [0.29, 0.717) is 11.4 Å². The molecule has 3 amide bonds. The fourth-order valence-electron chi connectivity index (χ4n) is 2.76. The Bertz CT molecular complexity index is 829. The van der Waals surface area contributed by atoms with Crippen LogP contribution < -0.4 is 15.5 Å². The van der Waals surface area contributed by atoms with Gasteiger partial charge < -0.3 is 15.5 Å². The van der Waals surface area contributed by atoms with Crippen LogP contribution in [0.25, 0.3) is 0 Å². The minimum atomic E-state index is -0.274. The number of benzene rings is 2. The van der Waals surface area contributed by atoms with Crippen LogP contribution in [0.2, 0.25) is 0 Å². The lowest BCUT2D eigenvalue weighted by molar-refractivity contribution is -0.120. The standard InChI is InChI=1S/C21H25N3O3/c1-14(2)19-7-5-6-8-20(19)23-21(27)13-24(16(4)26)18-11-9-17(10-12-18)22-15(3)25/h5-12,14H,13H2,1-4H3,(H,22,25)(H,23,27). The maximum atomic E-state index is 12.5. The van der Waals surface area contributed by atoms with Gasteiger partial charge in [0.1, 0.15) is 6.54 Å². The Morgan fingerprint density at radius 2 is 1.56 bits per heavy atom. The second-order valence-corrected chi connectivity index (χ2v) is 6.62. The molecule has 27 heavy (non-hydrogen) atoms. The van der Waals surface area contributed by atoms with E-state index in [1.807, 2.05) is 24.3 Å². The van der Waals surface area contributed by atoms with E-state index in [0.717, 1.165) is 11.3 Å². The number of nitrogens with one attached hydrogen (secondary N) is 2. The predicted molar refractivity (Wildman–Crippen MR) is 108 cm³/mol. The summed E-state index contributed by atoms with van der Waals surface area (Å²) in [4.78, 5) is 37.1. The largest absolute Gasteiger partial charge is 0.326 e. The zero-order chi connectivity index (χ0) is 20.0. The first-order valence-electron chi connectivity index (χ1n) is 8.82. The van der Waals surface area contributed by atoms with Gasteiger partial charge in [-0.3, -0.25) is 14.4 Å². The maximum absolute atomic E-state index is 12.5. The van der Waals surface area contributed by atoms with Gasteiger partial charge in [-0.1, -0.05) is 32.0 Å². The molecule has 2 N–H and O–H groups in total. The fourth-order valence-corrected chi connectivity index (χ4v) is 2.76. The lowest BCUT2D eigenvalue weighted by Gasteiger charge is -2.22. The van der Waals surface area contributed by atoms with Crippen molar-refractivity contribution in [2.75, 3.05) is 22.1 Å². The van der Waals surface area contributed by atoms with Crippen LogP contribution in [0.1, 0.15) is 39.2 Å². The Hall–Kier alpha value is -3.15. The number of amides is 3. The number of rotatable bonds is 6. The Labute approximate surface area is 159 Å². The van der Waals surface area contributed by atoms with Gasteiger partial charge in [0.2, 0.25) is 17.7 Å². The molecule has 0 radical (unpaired) electrons. The van der Waals surface area contributed by atoms with Crippen LogP contribution in [0.3, 0.4) is 0 Å². The first kappa shape index (κ1) is 20.2. The van der Waals surface area contributed by atoms with Crippen LogP contribution in [0, 0.1) is 0 Å². The molecule has 0 saturated heterocycles. The molecule has 0 atom stereocenters. The molecule has 0 aliphatic heterocycles. The quantitative estimate of drug-likeness (QED) is 0.816. The molecule has 0 bridgehead atoms. The molecule has 2 aromatic rings. The van der Waals surface area contributed by atoms with Gasteiger partial charge in [0, 0.05) is 30.9 Å². The number of nitrogens with zero attached hydrogens (tertiary/aromatic N) is 1. The summed E-state index contributed by atoms with van der Waals surface area (Å²) in [6.45, 7) is 6.86. The first-order chi connectivity index (χ1) is 12.8. The third-order valence-corrected chi connectivity index (χ3v) is 4.04. The van der Waals surface area contributed by atoms with E-state index in [-0.39, 0.29) is 30.2 Å². The number of para-hydroxylation sites is 1. The van der Waals surface area contributed by atoms with Crippen LogP contribution in [-0.4, -0.2) is 24.3 Å². The van der Waals surface area contributed by atoms with E-state index in [4.69, 9.17) is 0 Å². The van der Waals surface area contributed by atoms with Gasteiger partial charge in [-0.15, -0.1) is 0 Å². The van der Waals surface area contributed by atoms with Crippen molar-refractivity contribution in [3.63, 3.8) is 0 Å². The number of anilines is 3. The first-order valence-corrected chi connectivity index (χ1v) is 8.82. The lowest BCUT2D eigenvalue weighted by Crippen LogP contribution is -2.36. The molecule has 0 aliphatic rings. The minimum Gasteiger partial charge on any atom is -0.326 e. The molecule has 0 fully saturated rings. The zero-order valence-electron chi connectivity index (χ0n) is 16.1. The normalized spacial score (nSPS) is 10.4. The van der Waals surface area contributed by atoms with Crippen LogP contribution in [0.5, 0.6) is 0 Å². The van der Waals surface area contributed by atoms with Crippen molar-refractivity contribution in [1.82, 2.24) is 0 Å². The van der Waals surface area contributed by atoms with Gasteiger partial charge in [-0.05, 0) is 41.8 Å². The molecule has 0 unspecified atom stereocenters. The molecule has 2 rings (SSSR count). The minimum absolute atomic E-state index is 0.0960. The molecule has 0 heterocycles. The number of carbonyl (C=O) groups excluding carboxylic acids is 3. The Kier molecular flexibility index (Phi) is 6.71. The number of hydrogen-bond donors (Lipinski definition) is 2. The Balaban J connectivity index is 2.13. The highest BCUT2D eigenvalue weighted by atomic mass is 16.2. The van der Waals surface area contributed by atoms with Gasteiger partial charge in [0.15, 0.2) is 0 Å². The molecule has 0 aliphatic carbocycles. The van der Waals surface area contributed by atoms with Crippen molar-refractivity contribution in [2.24, 2.45) is 0 Å². The highest BCUT2D eigenvalue weighted by Crippen LogP contribution is 2.24. The average Bonchev–Trinajstić information content (AvgIpc) is 2.60.